The maximum atomic E-state index is 13.5. The number of benzene rings is 2. The largest absolute Gasteiger partial charge is 0.492 e. The molecule has 1 saturated heterocycles. The van der Waals surface area contributed by atoms with Crippen LogP contribution in [0.5, 0.6) is 5.75 Å². The van der Waals surface area contributed by atoms with Crippen molar-refractivity contribution in [3.63, 3.8) is 0 Å². The fourth-order valence-electron chi connectivity index (χ4n) is 3.69. The third kappa shape index (κ3) is 3.66. The maximum absolute atomic E-state index is 13.5. The van der Waals surface area contributed by atoms with Crippen molar-refractivity contribution in [2.45, 2.75) is 20.4 Å². The van der Waals surface area contributed by atoms with E-state index in [0.717, 1.165) is 48.8 Å². The zero-order valence-corrected chi connectivity index (χ0v) is 16.4. The molecule has 0 spiro atoms. The highest BCUT2D eigenvalue weighted by atomic mass is 16.5. The fraction of sp³-hybridized carbons (Fsp3) is 0.364. The minimum atomic E-state index is -0.0500. The van der Waals surface area contributed by atoms with Gasteiger partial charge in [-0.2, -0.15) is 0 Å². The van der Waals surface area contributed by atoms with E-state index in [2.05, 4.69) is 10.2 Å². The number of aryl methyl sites for hydroxylation is 1. The van der Waals surface area contributed by atoms with E-state index >= 15 is 0 Å². The van der Waals surface area contributed by atoms with E-state index in [-0.39, 0.29) is 5.56 Å². The molecular weight excluding hydrogens is 352 g/mol. The van der Waals surface area contributed by atoms with E-state index in [1.54, 1.807) is 4.57 Å². The number of nitrogens with zero attached hydrogens (tertiary/aromatic N) is 3. The maximum Gasteiger partial charge on any atom is 0.266 e. The van der Waals surface area contributed by atoms with Crippen molar-refractivity contribution in [1.82, 2.24) is 19.8 Å². The van der Waals surface area contributed by atoms with Gasteiger partial charge in [0.15, 0.2) is 0 Å². The summed E-state index contributed by atoms with van der Waals surface area (Å²) < 4.78 is 7.55. The van der Waals surface area contributed by atoms with Crippen LogP contribution in [0.25, 0.3) is 16.6 Å². The lowest BCUT2D eigenvalue weighted by Crippen LogP contribution is -2.44. The third-order valence-corrected chi connectivity index (χ3v) is 5.07. The highest BCUT2D eigenvalue weighted by Gasteiger charge is 2.19. The normalized spacial score (nSPS) is 15.1. The van der Waals surface area contributed by atoms with Crippen molar-refractivity contribution >= 4 is 10.9 Å². The topological polar surface area (TPSA) is 59.4 Å². The molecule has 2 heterocycles. The Labute approximate surface area is 164 Å². The summed E-state index contributed by atoms with van der Waals surface area (Å²) in [6.45, 7) is 8.89. The zero-order chi connectivity index (χ0) is 19.5. The Morgan fingerprint density at radius 2 is 1.93 bits per heavy atom. The van der Waals surface area contributed by atoms with Gasteiger partial charge in [0.25, 0.3) is 5.56 Å². The van der Waals surface area contributed by atoms with Crippen molar-refractivity contribution < 1.29 is 4.74 Å². The quantitative estimate of drug-likeness (QED) is 0.739. The Morgan fingerprint density at radius 1 is 1.14 bits per heavy atom. The predicted molar refractivity (Wildman–Crippen MR) is 111 cm³/mol. The Morgan fingerprint density at radius 3 is 2.71 bits per heavy atom. The van der Waals surface area contributed by atoms with Crippen LogP contribution in [0.15, 0.2) is 47.3 Å². The van der Waals surface area contributed by atoms with Gasteiger partial charge < -0.3 is 10.1 Å². The monoisotopic (exact) mass is 378 g/mol. The standard InChI is InChI=1S/C22H26N4O2/c1-3-28-20-7-5-4-6-19(20)26-21(15-25-12-10-23-11-13-25)24-18-9-8-16(2)14-17(18)22(26)27/h4-9,14,23H,3,10-13,15H2,1-2H3. The average Bonchev–Trinajstić information content (AvgIpc) is 2.71. The molecule has 28 heavy (non-hydrogen) atoms. The number of nitrogens with one attached hydrogen (secondary N) is 1. The summed E-state index contributed by atoms with van der Waals surface area (Å²) >= 11 is 0. The first kappa shape index (κ1) is 18.7. The van der Waals surface area contributed by atoms with Gasteiger partial charge in [0.2, 0.25) is 0 Å². The fourth-order valence-corrected chi connectivity index (χ4v) is 3.69. The van der Waals surface area contributed by atoms with Gasteiger partial charge >= 0.3 is 0 Å². The summed E-state index contributed by atoms with van der Waals surface area (Å²) in [5.41, 5.74) is 2.48. The first-order valence-corrected chi connectivity index (χ1v) is 9.85. The molecule has 0 atom stereocenters. The Balaban J connectivity index is 1.92. The summed E-state index contributed by atoms with van der Waals surface area (Å²) in [5, 5.41) is 4.00. The summed E-state index contributed by atoms with van der Waals surface area (Å²) in [4.78, 5) is 20.8. The predicted octanol–water partition coefficient (Wildman–Crippen LogP) is 2.50. The van der Waals surface area contributed by atoms with Crippen molar-refractivity contribution in [2.75, 3.05) is 32.8 Å². The number of aromatic nitrogens is 2. The molecule has 0 bridgehead atoms. The van der Waals surface area contributed by atoms with Gasteiger partial charge in [0, 0.05) is 26.2 Å². The van der Waals surface area contributed by atoms with E-state index in [4.69, 9.17) is 9.72 Å². The van der Waals surface area contributed by atoms with Crippen molar-refractivity contribution in [2.24, 2.45) is 0 Å². The minimum Gasteiger partial charge on any atom is -0.492 e. The second-order valence-corrected chi connectivity index (χ2v) is 7.12. The van der Waals surface area contributed by atoms with Gasteiger partial charge in [-0.3, -0.25) is 14.3 Å². The average molecular weight is 378 g/mol. The van der Waals surface area contributed by atoms with Crippen LogP contribution in [-0.2, 0) is 6.54 Å². The molecule has 146 valence electrons. The lowest BCUT2D eigenvalue weighted by Gasteiger charge is -2.28. The second-order valence-electron chi connectivity index (χ2n) is 7.12. The van der Waals surface area contributed by atoms with Crippen LogP contribution >= 0.6 is 0 Å². The molecule has 0 radical (unpaired) electrons. The van der Waals surface area contributed by atoms with Gasteiger partial charge in [-0.05, 0) is 38.1 Å². The van der Waals surface area contributed by atoms with Gasteiger partial charge in [0.05, 0.1) is 29.7 Å². The molecule has 6 nitrogen and oxygen atoms in total. The molecule has 1 aliphatic heterocycles. The number of piperazine rings is 1. The van der Waals surface area contributed by atoms with Crippen molar-refractivity contribution in [3.05, 3.63) is 64.2 Å². The second kappa shape index (κ2) is 8.12. The first-order valence-electron chi connectivity index (χ1n) is 9.85. The van der Waals surface area contributed by atoms with Gasteiger partial charge in [-0.15, -0.1) is 0 Å². The highest BCUT2D eigenvalue weighted by molar-refractivity contribution is 5.79. The van der Waals surface area contributed by atoms with Crippen LogP contribution < -0.4 is 15.6 Å². The number of hydrogen-bond acceptors (Lipinski definition) is 5. The molecule has 6 heteroatoms. The summed E-state index contributed by atoms with van der Waals surface area (Å²) in [6.07, 6.45) is 0. The molecule has 1 N–H and O–H groups in total. The molecule has 0 unspecified atom stereocenters. The molecule has 0 saturated carbocycles. The van der Waals surface area contributed by atoms with Crippen molar-refractivity contribution in [3.8, 4) is 11.4 Å². The number of ether oxygens (including phenoxy) is 1. The van der Waals surface area contributed by atoms with E-state index in [9.17, 15) is 4.79 Å². The molecule has 0 aliphatic carbocycles. The van der Waals surface area contributed by atoms with Crippen molar-refractivity contribution in [1.29, 1.82) is 0 Å². The number of rotatable bonds is 5. The Kier molecular flexibility index (Phi) is 5.41. The smallest absolute Gasteiger partial charge is 0.266 e. The van der Waals surface area contributed by atoms with Gasteiger partial charge in [-0.1, -0.05) is 23.8 Å². The number of para-hydroxylation sites is 2. The number of hydrogen-bond donors (Lipinski definition) is 1. The third-order valence-electron chi connectivity index (χ3n) is 5.07. The molecule has 2 aromatic carbocycles. The summed E-state index contributed by atoms with van der Waals surface area (Å²) in [7, 11) is 0. The Bertz CT molecular complexity index is 1040. The van der Waals surface area contributed by atoms with Crippen LogP contribution in [-0.4, -0.2) is 47.2 Å². The molecule has 1 aromatic heterocycles. The highest BCUT2D eigenvalue weighted by Crippen LogP contribution is 2.24. The molecule has 1 fully saturated rings. The van der Waals surface area contributed by atoms with Gasteiger partial charge in [-0.25, -0.2) is 4.98 Å². The lowest BCUT2D eigenvalue weighted by molar-refractivity contribution is 0.226. The molecular formula is C22H26N4O2. The van der Waals surface area contributed by atoms with Crippen LogP contribution in [0, 0.1) is 6.92 Å². The molecule has 4 rings (SSSR count). The van der Waals surface area contributed by atoms with E-state index in [1.807, 2.05) is 56.3 Å². The van der Waals surface area contributed by atoms with Crippen LogP contribution in [0.2, 0.25) is 0 Å². The summed E-state index contributed by atoms with van der Waals surface area (Å²) in [6, 6.07) is 13.5. The van der Waals surface area contributed by atoms with E-state index < -0.39 is 0 Å². The van der Waals surface area contributed by atoms with Crippen LogP contribution in [0.3, 0.4) is 0 Å². The van der Waals surface area contributed by atoms with Crippen LogP contribution in [0.4, 0.5) is 0 Å². The lowest BCUT2D eigenvalue weighted by atomic mass is 10.1. The van der Waals surface area contributed by atoms with E-state index in [1.165, 1.54) is 0 Å². The Hall–Kier alpha value is -2.70. The molecule has 3 aromatic rings. The first-order chi connectivity index (χ1) is 13.7. The molecule has 0 amide bonds. The van der Waals surface area contributed by atoms with E-state index in [0.29, 0.717) is 24.3 Å². The SMILES string of the molecule is CCOc1ccccc1-n1c(CN2CCNCC2)nc2ccc(C)cc2c1=O. The van der Waals surface area contributed by atoms with Crippen LogP contribution in [0.1, 0.15) is 18.3 Å². The molecule has 1 aliphatic rings. The summed E-state index contributed by atoms with van der Waals surface area (Å²) in [5.74, 6) is 1.44. The number of fused-ring (bicyclic) bond motifs is 1. The van der Waals surface area contributed by atoms with Gasteiger partial charge in [0.1, 0.15) is 11.6 Å². The minimum absolute atomic E-state index is 0.0500. The zero-order valence-electron chi connectivity index (χ0n) is 16.4.